The van der Waals surface area contributed by atoms with Crippen molar-refractivity contribution in [1.29, 1.82) is 0 Å². The standard InChI is InChI=1S/C17H20N2O4/c1-19-7-6-16-13-9-2-3-11(20)14(13)23-15(16)10(18-22)4-5-17(16,21)12(19)8-9/h2-3,12,15,20-22H,4-8H2,1H3/b18-10+. The first kappa shape index (κ1) is 13.6. The van der Waals surface area contributed by atoms with Gasteiger partial charge in [0.2, 0.25) is 0 Å². The van der Waals surface area contributed by atoms with Gasteiger partial charge >= 0.3 is 0 Å². The van der Waals surface area contributed by atoms with Crippen LogP contribution in [0.5, 0.6) is 11.5 Å². The van der Waals surface area contributed by atoms with Crippen molar-refractivity contribution in [2.24, 2.45) is 5.16 Å². The number of aromatic hydroxyl groups is 1. The molecule has 1 saturated carbocycles. The molecule has 2 aliphatic carbocycles. The van der Waals surface area contributed by atoms with Gasteiger partial charge < -0.3 is 25.1 Å². The van der Waals surface area contributed by atoms with E-state index >= 15 is 0 Å². The minimum absolute atomic E-state index is 0.0191. The molecule has 1 saturated heterocycles. The van der Waals surface area contributed by atoms with Crippen molar-refractivity contribution in [3.05, 3.63) is 23.3 Å². The smallest absolute Gasteiger partial charge is 0.166 e. The van der Waals surface area contributed by atoms with Crippen LogP contribution in [-0.4, -0.2) is 57.4 Å². The van der Waals surface area contributed by atoms with Crippen LogP contribution in [0.1, 0.15) is 30.4 Å². The Kier molecular flexibility index (Phi) is 2.37. The van der Waals surface area contributed by atoms with E-state index in [0.29, 0.717) is 24.3 Å². The summed E-state index contributed by atoms with van der Waals surface area (Å²) in [6.07, 6.45) is 2.04. The van der Waals surface area contributed by atoms with E-state index in [4.69, 9.17) is 4.74 Å². The molecule has 0 amide bonds. The van der Waals surface area contributed by atoms with Crippen LogP contribution in [0.2, 0.25) is 0 Å². The quantitative estimate of drug-likeness (QED) is 0.491. The number of likely N-dealkylation sites (N-methyl/N-ethyl adjacent to an activating group) is 1. The number of likely N-dealkylation sites (tertiary alicyclic amines) is 1. The van der Waals surface area contributed by atoms with Crippen molar-refractivity contribution in [3.8, 4) is 11.5 Å². The SMILES string of the molecule is CN1CCC23c4c5ccc(O)c4OC2/C(=N/O)CCC3(O)C1C5. The second-order valence-corrected chi connectivity index (χ2v) is 7.38. The Labute approximate surface area is 134 Å². The maximum Gasteiger partial charge on any atom is 0.166 e. The number of phenolic OH excluding ortho intramolecular Hbond substituents is 1. The molecule has 1 aromatic carbocycles. The number of aliphatic hydroxyl groups is 1. The summed E-state index contributed by atoms with van der Waals surface area (Å²) >= 11 is 0. The molecule has 4 unspecified atom stereocenters. The summed E-state index contributed by atoms with van der Waals surface area (Å²) in [7, 11) is 2.06. The van der Waals surface area contributed by atoms with Crippen molar-refractivity contribution < 1.29 is 20.2 Å². The van der Waals surface area contributed by atoms with Crippen LogP contribution in [-0.2, 0) is 11.8 Å². The fourth-order valence-corrected chi connectivity index (χ4v) is 5.65. The summed E-state index contributed by atoms with van der Waals surface area (Å²) in [5, 5.41) is 34.9. The Morgan fingerprint density at radius 1 is 1.35 bits per heavy atom. The maximum absolute atomic E-state index is 11.7. The summed E-state index contributed by atoms with van der Waals surface area (Å²) in [5.74, 6) is 0.571. The third-order valence-corrected chi connectivity index (χ3v) is 6.67. The molecule has 2 aliphatic heterocycles. The molecule has 0 aromatic heterocycles. The third kappa shape index (κ3) is 1.29. The van der Waals surface area contributed by atoms with E-state index < -0.39 is 17.1 Å². The normalized spacial score (nSPS) is 42.4. The van der Waals surface area contributed by atoms with Crippen molar-refractivity contribution in [3.63, 3.8) is 0 Å². The molecule has 2 fully saturated rings. The van der Waals surface area contributed by atoms with Gasteiger partial charge in [-0.05, 0) is 50.9 Å². The Balaban J connectivity index is 1.86. The molecule has 3 N–H and O–H groups in total. The number of benzene rings is 1. The largest absolute Gasteiger partial charge is 0.504 e. The van der Waals surface area contributed by atoms with Crippen LogP contribution in [0, 0.1) is 0 Å². The lowest BCUT2D eigenvalue weighted by molar-refractivity contribution is -0.161. The zero-order valence-corrected chi connectivity index (χ0v) is 13.0. The fourth-order valence-electron chi connectivity index (χ4n) is 5.65. The van der Waals surface area contributed by atoms with Gasteiger partial charge in [-0.25, -0.2) is 0 Å². The number of oxime groups is 1. The van der Waals surface area contributed by atoms with Gasteiger partial charge in [0, 0.05) is 11.6 Å². The van der Waals surface area contributed by atoms with E-state index in [1.54, 1.807) is 6.07 Å². The molecule has 5 rings (SSSR count). The first-order valence-corrected chi connectivity index (χ1v) is 8.18. The highest BCUT2D eigenvalue weighted by atomic mass is 16.5. The molecule has 1 spiro atoms. The van der Waals surface area contributed by atoms with Crippen molar-refractivity contribution in [2.75, 3.05) is 13.6 Å². The van der Waals surface area contributed by atoms with Crippen LogP contribution >= 0.6 is 0 Å². The molecule has 2 heterocycles. The van der Waals surface area contributed by atoms with Gasteiger partial charge in [-0.2, -0.15) is 0 Å². The molecule has 122 valence electrons. The molecular weight excluding hydrogens is 296 g/mol. The van der Waals surface area contributed by atoms with E-state index in [-0.39, 0.29) is 11.8 Å². The van der Waals surface area contributed by atoms with Gasteiger partial charge in [0.05, 0.1) is 16.7 Å². The number of rotatable bonds is 0. The minimum Gasteiger partial charge on any atom is -0.504 e. The lowest BCUT2D eigenvalue weighted by Crippen LogP contribution is -2.76. The fraction of sp³-hybridized carbons (Fsp3) is 0.588. The Morgan fingerprint density at radius 3 is 2.96 bits per heavy atom. The average Bonchev–Trinajstić information content (AvgIpc) is 2.89. The molecule has 4 aliphatic rings. The Hall–Kier alpha value is -1.79. The van der Waals surface area contributed by atoms with Crippen LogP contribution in [0.15, 0.2) is 17.3 Å². The van der Waals surface area contributed by atoms with Crippen molar-refractivity contribution in [1.82, 2.24) is 4.90 Å². The van der Waals surface area contributed by atoms with Crippen LogP contribution in [0.25, 0.3) is 0 Å². The molecule has 4 atom stereocenters. The lowest BCUT2D eigenvalue weighted by Gasteiger charge is -2.62. The Morgan fingerprint density at radius 2 is 2.17 bits per heavy atom. The molecule has 6 nitrogen and oxygen atoms in total. The predicted molar refractivity (Wildman–Crippen MR) is 82.3 cm³/mol. The number of nitrogens with zero attached hydrogens (tertiary/aromatic N) is 2. The van der Waals surface area contributed by atoms with E-state index in [2.05, 4.69) is 17.1 Å². The number of phenols is 1. The van der Waals surface area contributed by atoms with Crippen molar-refractivity contribution >= 4 is 5.71 Å². The molecule has 2 bridgehead atoms. The number of piperidine rings is 1. The van der Waals surface area contributed by atoms with Gasteiger partial charge in [-0.3, -0.25) is 0 Å². The summed E-state index contributed by atoms with van der Waals surface area (Å²) in [6, 6.07) is 3.63. The van der Waals surface area contributed by atoms with E-state index in [0.717, 1.165) is 30.5 Å². The zero-order chi connectivity index (χ0) is 16.0. The minimum atomic E-state index is -0.926. The van der Waals surface area contributed by atoms with E-state index in [1.807, 2.05) is 6.07 Å². The number of hydrogen-bond acceptors (Lipinski definition) is 6. The molecule has 1 aromatic rings. The first-order valence-electron chi connectivity index (χ1n) is 8.18. The van der Waals surface area contributed by atoms with Crippen LogP contribution in [0.4, 0.5) is 0 Å². The van der Waals surface area contributed by atoms with Gasteiger partial charge in [-0.15, -0.1) is 0 Å². The second-order valence-electron chi connectivity index (χ2n) is 7.38. The van der Waals surface area contributed by atoms with E-state index in [1.165, 1.54) is 0 Å². The maximum atomic E-state index is 11.7. The van der Waals surface area contributed by atoms with Crippen LogP contribution in [0.3, 0.4) is 0 Å². The van der Waals surface area contributed by atoms with Gasteiger partial charge in [-0.1, -0.05) is 11.2 Å². The average molecular weight is 316 g/mol. The topological polar surface area (TPSA) is 85.5 Å². The number of hydrogen-bond donors (Lipinski definition) is 3. The molecule has 23 heavy (non-hydrogen) atoms. The molecule has 6 heteroatoms. The monoisotopic (exact) mass is 316 g/mol. The zero-order valence-electron chi connectivity index (χ0n) is 13.0. The van der Waals surface area contributed by atoms with Gasteiger partial charge in [0.25, 0.3) is 0 Å². The summed E-state index contributed by atoms with van der Waals surface area (Å²) in [5.41, 5.74) is 1.09. The number of ether oxygens (including phenoxy) is 1. The van der Waals surface area contributed by atoms with Crippen LogP contribution < -0.4 is 4.74 Å². The summed E-state index contributed by atoms with van der Waals surface area (Å²) < 4.78 is 6.09. The van der Waals surface area contributed by atoms with Crippen molar-refractivity contribution in [2.45, 2.75) is 48.8 Å². The highest BCUT2D eigenvalue weighted by molar-refractivity contribution is 5.94. The van der Waals surface area contributed by atoms with Gasteiger partial charge in [0.1, 0.15) is 0 Å². The lowest BCUT2D eigenvalue weighted by atomic mass is 9.49. The highest BCUT2D eigenvalue weighted by Gasteiger charge is 2.72. The Bertz CT molecular complexity index is 748. The predicted octanol–water partition coefficient (Wildman–Crippen LogP) is 1.01. The van der Waals surface area contributed by atoms with E-state index in [9.17, 15) is 15.4 Å². The second kappa shape index (κ2) is 3.99. The molecular formula is C17H20N2O4. The third-order valence-electron chi connectivity index (χ3n) is 6.67. The van der Waals surface area contributed by atoms with Gasteiger partial charge in [0.15, 0.2) is 17.6 Å². The molecule has 0 radical (unpaired) electrons. The summed E-state index contributed by atoms with van der Waals surface area (Å²) in [6.45, 7) is 0.847. The highest BCUT2D eigenvalue weighted by Crippen LogP contribution is 2.64. The summed E-state index contributed by atoms with van der Waals surface area (Å²) in [4.78, 5) is 2.23. The first-order chi connectivity index (χ1) is 11.0.